The molecule has 2 aromatic rings. The lowest BCUT2D eigenvalue weighted by Gasteiger charge is -2.19. The van der Waals surface area contributed by atoms with Gasteiger partial charge >= 0.3 is 0 Å². The predicted molar refractivity (Wildman–Crippen MR) is 99.9 cm³/mol. The van der Waals surface area contributed by atoms with Crippen LogP contribution < -0.4 is 10.0 Å². The topological polar surface area (TPSA) is 75.3 Å². The highest BCUT2D eigenvalue weighted by atomic mass is 32.2. The van der Waals surface area contributed by atoms with E-state index in [1.807, 2.05) is 24.3 Å². The Balaban J connectivity index is 2.05. The molecular weight excluding hydrogens is 336 g/mol. The summed E-state index contributed by atoms with van der Waals surface area (Å²) in [4.78, 5) is 11.2. The zero-order valence-electron chi connectivity index (χ0n) is 15.0. The summed E-state index contributed by atoms with van der Waals surface area (Å²) in [6.45, 7) is 8.03. The normalized spacial score (nSPS) is 12.0. The van der Waals surface area contributed by atoms with Gasteiger partial charge in [0.1, 0.15) is 0 Å². The van der Waals surface area contributed by atoms with Crippen LogP contribution in [0.15, 0.2) is 53.4 Å². The largest absolute Gasteiger partial charge is 0.326 e. The number of benzene rings is 2. The van der Waals surface area contributed by atoms with E-state index < -0.39 is 10.0 Å². The molecule has 134 valence electrons. The van der Waals surface area contributed by atoms with E-state index in [9.17, 15) is 13.2 Å². The van der Waals surface area contributed by atoms with Gasteiger partial charge in [0.25, 0.3) is 0 Å². The molecule has 0 unspecified atom stereocenters. The van der Waals surface area contributed by atoms with Crippen molar-refractivity contribution in [3.63, 3.8) is 0 Å². The van der Waals surface area contributed by atoms with E-state index in [-0.39, 0.29) is 22.8 Å². The van der Waals surface area contributed by atoms with Crippen LogP contribution >= 0.6 is 0 Å². The molecule has 0 aliphatic heterocycles. The summed E-state index contributed by atoms with van der Waals surface area (Å²) in [6, 6.07) is 14.0. The van der Waals surface area contributed by atoms with Crippen molar-refractivity contribution in [2.45, 2.75) is 44.6 Å². The van der Waals surface area contributed by atoms with E-state index in [1.165, 1.54) is 24.6 Å². The lowest BCUT2D eigenvalue weighted by molar-refractivity contribution is -0.114. The predicted octanol–water partition coefficient (Wildman–Crippen LogP) is 3.42. The molecule has 0 saturated carbocycles. The van der Waals surface area contributed by atoms with Crippen LogP contribution in [0.25, 0.3) is 0 Å². The molecule has 0 heterocycles. The number of hydrogen-bond donors (Lipinski definition) is 2. The Morgan fingerprint density at radius 3 is 2.00 bits per heavy atom. The third kappa shape index (κ3) is 5.41. The van der Waals surface area contributed by atoms with Gasteiger partial charge in [-0.3, -0.25) is 4.79 Å². The molecular formula is C19H24N2O3S. The van der Waals surface area contributed by atoms with Gasteiger partial charge in [-0.1, -0.05) is 45.0 Å². The van der Waals surface area contributed by atoms with Crippen LogP contribution in [0.2, 0.25) is 0 Å². The average molecular weight is 360 g/mol. The van der Waals surface area contributed by atoms with Crippen molar-refractivity contribution in [2.24, 2.45) is 0 Å². The number of carbonyl (C=O) groups excluding carboxylic acids is 1. The van der Waals surface area contributed by atoms with Gasteiger partial charge in [-0.05, 0) is 40.8 Å². The number of anilines is 1. The minimum Gasteiger partial charge on any atom is -0.326 e. The quantitative estimate of drug-likeness (QED) is 0.858. The summed E-state index contributed by atoms with van der Waals surface area (Å²) >= 11 is 0. The van der Waals surface area contributed by atoms with E-state index in [1.54, 1.807) is 12.1 Å². The van der Waals surface area contributed by atoms with Gasteiger partial charge in [0, 0.05) is 19.2 Å². The second-order valence-electron chi connectivity index (χ2n) is 6.98. The van der Waals surface area contributed by atoms with Gasteiger partial charge < -0.3 is 5.32 Å². The molecule has 0 aliphatic carbocycles. The summed E-state index contributed by atoms with van der Waals surface area (Å²) < 4.78 is 27.3. The van der Waals surface area contributed by atoms with Crippen molar-refractivity contribution in [2.75, 3.05) is 5.32 Å². The summed E-state index contributed by atoms with van der Waals surface area (Å²) in [5, 5.41) is 2.60. The molecule has 25 heavy (non-hydrogen) atoms. The Labute approximate surface area is 149 Å². The Bertz CT molecular complexity index is 834. The Hall–Kier alpha value is -2.18. The van der Waals surface area contributed by atoms with E-state index in [0.717, 1.165) is 5.56 Å². The van der Waals surface area contributed by atoms with Crippen molar-refractivity contribution < 1.29 is 13.2 Å². The summed E-state index contributed by atoms with van der Waals surface area (Å²) in [5.74, 6) is -0.201. The van der Waals surface area contributed by atoms with Crippen molar-refractivity contribution in [1.29, 1.82) is 0 Å². The first-order valence-electron chi connectivity index (χ1n) is 8.05. The van der Waals surface area contributed by atoms with Gasteiger partial charge in [0.05, 0.1) is 4.90 Å². The minimum absolute atomic E-state index is 0.0632. The number of carbonyl (C=O) groups is 1. The van der Waals surface area contributed by atoms with Crippen LogP contribution in [0.4, 0.5) is 5.69 Å². The molecule has 0 bridgehead atoms. The lowest BCUT2D eigenvalue weighted by atomic mass is 9.87. The lowest BCUT2D eigenvalue weighted by Crippen LogP contribution is -2.23. The molecule has 2 rings (SSSR count). The molecule has 6 heteroatoms. The zero-order chi connectivity index (χ0) is 18.7. The number of hydrogen-bond acceptors (Lipinski definition) is 3. The van der Waals surface area contributed by atoms with E-state index in [2.05, 4.69) is 30.8 Å². The summed E-state index contributed by atoms with van der Waals surface area (Å²) in [7, 11) is -3.60. The second-order valence-corrected chi connectivity index (χ2v) is 8.74. The fraction of sp³-hybridized carbons (Fsp3) is 0.316. The Kier molecular flexibility index (Phi) is 5.65. The van der Waals surface area contributed by atoms with Crippen molar-refractivity contribution in [3.8, 4) is 0 Å². The molecule has 0 aromatic heterocycles. The number of amides is 1. The van der Waals surface area contributed by atoms with E-state index >= 15 is 0 Å². The first-order chi connectivity index (χ1) is 11.6. The van der Waals surface area contributed by atoms with Crippen LogP contribution in [0.1, 0.15) is 38.8 Å². The molecule has 0 fully saturated rings. The third-order valence-corrected chi connectivity index (χ3v) is 5.19. The first kappa shape index (κ1) is 19.1. The third-order valence-electron chi connectivity index (χ3n) is 3.77. The van der Waals surface area contributed by atoms with Crippen LogP contribution in [-0.4, -0.2) is 14.3 Å². The first-order valence-corrected chi connectivity index (χ1v) is 9.53. The maximum Gasteiger partial charge on any atom is 0.240 e. The number of rotatable bonds is 5. The fourth-order valence-electron chi connectivity index (χ4n) is 2.30. The van der Waals surface area contributed by atoms with Crippen molar-refractivity contribution in [1.82, 2.24) is 4.72 Å². The Morgan fingerprint density at radius 1 is 0.960 bits per heavy atom. The Morgan fingerprint density at radius 2 is 1.52 bits per heavy atom. The minimum atomic E-state index is -3.60. The molecule has 0 atom stereocenters. The van der Waals surface area contributed by atoms with Crippen molar-refractivity contribution in [3.05, 3.63) is 59.7 Å². The molecule has 2 aromatic carbocycles. The molecule has 0 spiro atoms. The number of nitrogens with one attached hydrogen (secondary N) is 2. The van der Waals surface area contributed by atoms with Gasteiger partial charge in [0.15, 0.2) is 0 Å². The second kappa shape index (κ2) is 7.37. The molecule has 0 radical (unpaired) electrons. The molecule has 5 nitrogen and oxygen atoms in total. The van der Waals surface area contributed by atoms with Crippen LogP contribution in [0.5, 0.6) is 0 Å². The summed E-state index contributed by atoms with van der Waals surface area (Å²) in [5.41, 5.74) is 2.72. The van der Waals surface area contributed by atoms with Gasteiger partial charge in [-0.15, -0.1) is 0 Å². The number of sulfonamides is 1. The molecule has 0 aliphatic rings. The zero-order valence-corrected chi connectivity index (χ0v) is 15.8. The highest BCUT2D eigenvalue weighted by Gasteiger charge is 2.15. The van der Waals surface area contributed by atoms with Crippen molar-refractivity contribution >= 4 is 21.6 Å². The molecule has 1 amide bonds. The van der Waals surface area contributed by atoms with E-state index in [4.69, 9.17) is 0 Å². The SMILES string of the molecule is CC(=O)Nc1ccc(S(=O)(=O)NCc2ccc(C(C)(C)C)cc2)cc1. The summed E-state index contributed by atoms with van der Waals surface area (Å²) in [6.07, 6.45) is 0. The molecule has 2 N–H and O–H groups in total. The van der Waals surface area contributed by atoms with Gasteiger partial charge in [-0.25, -0.2) is 13.1 Å². The van der Waals surface area contributed by atoms with Crippen LogP contribution in [0.3, 0.4) is 0 Å². The van der Waals surface area contributed by atoms with Gasteiger partial charge in [0.2, 0.25) is 15.9 Å². The monoisotopic (exact) mass is 360 g/mol. The molecule has 0 saturated heterocycles. The highest BCUT2D eigenvalue weighted by Crippen LogP contribution is 2.22. The maximum atomic E-state index is 12.4. The van der Waals surface area contributed by atoms with Crippen LogP contribution in [-0.2, 0) is 26.8 Å². The smallest absolute Gasteiger partial charge is 0.240 e. The standard InChI is InChI=1S/C19H24N2O3S/c1-14(22)21-17-9-11-18(12-10-17)25(23,24)20-13-15-5-7-16(8-6-15)19(2,3)4/h5-12,20H,13H2,1-4H3,(H,21,22). The highest BCUT2D eigenvalue weighted by molar-refractivity contribution is 7.89. The van der Waals surface area contributed by atoms with Gasteiger partial charge in [-0.2, -0.15) is 0 Å². The average Bonchev–Trinajstić information content (AvgIpc) is 2.52. The maximum absolute atomic E-state index is 12.4. The fourth-order valence-corrected chi connectivity index (χ4v) is 3.32. The van der Waals surface area contributed by atoms with E-state index in [0.29, 0.717) is 5.69 Å². The van der Waals surface area contributed by atoms with Crippen LogP contribution in [0, 0.1) is 0 Å².